The Kier molecular flexibility index (Phi) is 7.38. The van der Waals surface area contributed by atoms with Crippen molar-refractivity contribution in [1.82, 2.24) is 4.31 Å². The minimum atomic E-state index is -4.04. The Hall–Kier alpha value is -2.14. The van der Waals surface area contributed by atoms with Crippen LogP contribution >= 0.6 is 0 Å². The normalized spacial score (nSPS) is 15.9. The minimum absolute atomic E-state index is 0.0292. The van der Waals surface area contributed by atoms with Crippen LogP contribution in [0.2, 0.25) is 0 Å². The standard InChI is InChI=1S/C24H32N2O6S2/c1-17(27)9-7-14-25(5)34(31,32)22-11-6-10-20-19(22)12-13-21-23(20)24(3,4)18(2)26(21)15-8-16-33(28,29)30/h6,10-13H,7-9,14-16H2,1-5H3/p+1. The molecule has 1 N–H and O–H groups in total. The number of hydrogen-bond donors (Lipinski definition) is 1. The molecule has 186 valence electrons. The van der Waals surface area contributed by atoms with Crippen molar-refractivity contribution in [3.05, 3.63) is 35.9 Å². The van der Waals surface area contributed by atoms with Gasteiger partial charge in [-0.3, -0.25) is 4.55 Å². The average molecular weight is 510 g/mol. The van der Waals surface area contributed by atoms with E-state index in [1.54, 1.807) is 18.2 Å². The molecular formula is C24H33N2O6S2+. The predicted molar refractivity (Wildman–Crippen MR) is 133 cm³/mol. The van der Waals surface area contributed by atoms with E-state index in [4.69, 9.17) is 4.55 Å². The number of hydrogen-bond acceptors (Lipinski definition) is 5. The summed E-state index contributed by atoms with van der Waals surface area (Å²) in [5, 5.41) is 1.46. The van der Waals surface area contributed by atoms with Crippen LogP contribution in [0.3, 0.4) is 0 Å². The number of rotatable bonds is 10. The smallest absolute Gasteiger partial charge is 0.265 e. The third-order valence-electron chi connectivity index (χ3n) is 6.70. The topological polar surface area (TPSA) is 112 Å². The summed E-state index contributed by atoms with van der Waals surface area (Å²) in [5.41, 5.74) is 2.53. The number of ketones is 1. The Morgan fingerprint density at radius 3 is 2.35 bits per heavy atom. The van der Waals surface area contributed by atoms with Gasteiger partial charge in [-0.05, 0) is 44.7 Å². The summed E-state index contributed by atoms with van der Waals surface area (Å²) < 4.78 is 61.6. The molecule has 0 fully saturated rings. The van der Waals surface area contributed by atoms with E-state index in [0.29, 0.717) is 24.8 Å². The maximum absolute atomic E-state index is 13.4. The molecule has 2 aromatic rings. The number of carbonyl (C=O) groups is 1. The van der Waals surface area contributed by atoms with Crippen LogP contribution < -0.4 is 0 Å². The zero-order valence-electron chi connectivity index (χ0n) is 20.3. The van der Waals surface area contributed by atoms with Crippen LogP contribution in [0.15, 0.2) is 35.2 Å². The molecular weight excluding hydrogens is 476 g/mol. The highest BCUT2D eigenvalue weighted by molar-refractivity contribution is 7.89. The van der Waals surface area contributed by atoms with Gasteiger partial charge in [0.05, 0.1) is 16.1 Å². The zero-order valence-corrected chi connectivity index (χ0v) is 22.0. The summed E-state index contributed by atoms with van der Waals surface area (Å²) >= 11 is 0. The first-order valence-corrected chi connectivity index (χ1v) is 14.3. The molecule has 0 radical (unpaired) electrons. The third-order valence-corrected chi connectivity index (χ3v) is 9.42. The SMILES string of the molecule is CC(=O)CCCN(C)S(=O)(=O)c1cccc2c3c(ccc12)[N+](CCCS(=O)(=O)O)=C(C)C3(C)C. The lowest BCUT2D eigenvalue weighted by atomic mass is 9.80. The van der Waals surface area contributed by atoms with Gasteiger partial charge in [0.1, 0.15) is 12.3 Å². The average Bonchev–Trinajstić information content (AvgIpc) is 2.92. The Bertz CT molecular complexity index is 1380. The first-order valence-electron chi connectivity index (χ1n) is 11.3. The molecule has 0 bridgehead atoms. The number of carbonyl (C=O) groups excluding carboxylic acids is 1. The van der Waals surface area contributed by atoms with Gasteiger partial charge in [-0.25, -0.2) is 12.7 Å². The lowest BCUT2D eigenvalue weighted by molar-refractivity contribution is -0.438. The first-order chi connectivity index (χ1) is 15.7. The fourth-order valence-corrected chi connectivity index (χ4v) is 6.56. The summed E-state index contributed by atoms with van der Waals surface area (Å²) in [6.45, 7) is 8.29. The van der Waals surface area contributed by atoms with Gasteiger partial charge in [-0.1, -0.05) is 12.1 Å². The molecule has 1 heterocycles. The molecule has 10 heteroatoms. The summed E-state index contributed by atoms with van der Waals surface area (Å²) in [4.78, 5) is 11.5. The second kappa shape index (κ2) is 9.49. The number of fused-ring (bicyclic) bond motifs is 3. The van der Waals surface area contributed by atoms with Gasteiger partial charge >= 0.3 is 0 Å². The van der Waals surface area contributed by atoms with Gasteiger partial charge in [0.2, 0.25) is 15.7 Å². The lowest BCUT2D eigenvalue weighted by Gasteiger charge is -2.21. The minimum Gasteiger partial charge on any atom is -0.300 e. The van der Waals surface area contributed by atoms with Gasteiger partial charge in [0, 0.05) is 50.4 Å². The summed E-state index contributed by atoms with van der Waals surface area (Å²) in [6.07, 6.45) is 1.06. The molecule has 0 atom stereocenters. The van der Waals surface area contributed by atoms with Crippen molar-refractivity contribution in [3.63, 3.8) is 0 Å². The zero-order chi connectivity index (χ0) is 25.5. The Morgan fingerprint density at radius 2 is 1.74 bits per heavy atom. The van der Waals surface area contributed by atoms with Gasteiger partial charge in [-0.2, -0.15) is 13.0 Å². The van der Waals surface area contributed by atoms with Crippen molar-refractivity contribution in [2.75, 3.05) is 25.9 Å². The number of sulfonamides is 1. The number of benzene rings is 2. The highest BCUT2D eigenvalue weighted by Crippen LogP contribution is 2.45. The van der Waals surface area contributed by atoms with E-state index >= 15 is 0 Å². The first kappa shape index (κ1) is 26.5. The third kappa shape index (κ3) is 5.10. The van der Waals surface area contributed by atoms with Crippen LogP contribution in [0.1, 0.15) is 52.5 Å². The maximum Gasteiger partial charge on any atom is 0.265 e. The van der Waals surface area contributed by atoms with Crippen LogP contribution in [0.5, 0.6) is 0 Å². The lowest BCUT2D eigenvalue weighted by Crippen LogP contribution is -2.29. The molecule has 0 saturated heterocycles. The van der Waals surface area contributed by atoms with E-state index in [-0.39, 0.29) is 29.4 Å². The van der Waals surface area contributed by atoms with Crippen LogP contribution in [-0.2, 0) is 30.4 Å². The fourth-order valence-electron chi connectivity index (χ4n) is 4.66. The van der Waals surface area contributed by atoms with Crippen LogP contribution in [0, 0.1) is 0 Å². The molecule has 3 rings (SSSR count). The summed E-state index contributed by atoms with van der Waals surface area (Å²) in [5.74, 6) is -0.292. The van der Waals surface area contributed by atoms with Gasteiger partial charge in [0.15, 0.2) is 5.71 Å². The summed E-state index contributed by atoms with van der Waals surface area (Å²) in [6, 6.07) is 8.95. The van der Waals surface area contributed by atoms with E-state index in [1.165, 1.54) is 18.3 Å². The van der Waals surface area contributed by atoms with E-state index in [2.05, 4.69) is 18.4 Å². The van der Waals surface area contributed by atoms with Gasteiger partial charge in [-0.15, -0.1) is 0 Å². The second-order valence-electron chi connectivity index (χ2n) is 9.44. The van der Waals surface area contributed by atoms with Crippen molar-refractivity contribution >= 4 is 48.1 Å². The molecule has 0 saturated carbocycles. The van der Waals surface area contributed by atoms with Crippen LogP contribution in [0.4, 0.5) is 5.69 Å². The number of Topliss-reactive ketones (excluding diaryl/α,β-unsaturated/α-hetero) is 1. The van der Waals surface area contributed by atoms with Crippen molar-refractivity contribution in [3.8, 4) is 0 Å². The van der Waals surface area contributed by atoms with E-state index < -0.39 is 25.6 Å². The molecule has 0 aromatic heterocycles. The molecule has 1 aliphatic heterocycles. The molecule has 34 heavy (non-hydrogen) atoms. The quantitative estimate of drug-likeness (QED) is 0.388. The monoisotopic (exact) mass is 509 g/mol. The number of nitrogens with zero attached hydrogens (tertiary/aromatic N) is 2. The largest absolute Gasteiger partial charge is 0.300 e. The van der Waals surface area contributed by atoms with E-state index in [9.17, 15) is 21.6 Å². The second-order valence-corrected chi connectivity index (χ2v) is 13.0. The molecule has 0 unspecified atom stereocenters. The fraction of sp³-hybridized carbons (Fsp3) is 0.500. The van der Waals surface area contributed by atoms with Crippen LogP contribution in [-0.4, -0.2) is 67.7 Å². The Morgan fingerprint density at radius 1 is 1.06 bits per heavy atom. The molecule has 8 nitrogen and oxygen atoms in total. The Labute approximate surface area is 202 Å². The maximum atomic E-state index is 13.4. The highest BCUT2D eigenvalue weighted by atomic mass is 32.2. The molecule has 0 amide bonds. The Balaban J connectivity index is 2.05. The molecule has 0 aliphatic carbocycles. The molecule has 0 spiro atoms. The van der Waals surface area contributed by atoms with E-state index in [1.807, 2.05) is 19.1 Å². The molecule has 1 aliphatic rings. The van der Waals surface area contributed by atoms with Gasteiger partial charge in [0.25, 0.3) is 10.1 Å². The van der Waals surface area contributed by atoms with Crippen LogP contribution in [0.25, 0.3) is 10.8 Å². The van der Waals surface area contributed by atoms with E-state index in [0.717, 1.165) is 22.3 Å². The van der Waals surface area contributed by atoms with Crippen molar-refractivity contribution < 1.29 is 30.8 Å². The predicted octanol–water partition coefficient (Wildman–Crippen LogP) is 3.50. The molecule has 2 aromatic carbocycles. The van der Waals surface area contributed by atoms with Crippen molar-refractivity contribution in [1.29, 1.82) is 0 Å². The van der Waals surface area contributed by atoms with Gasteiger partial charge < -0.3 is 4.79 Å². The summed E-state index contributed by atoms with van der Waals surface area (Å²) in [7, 11) is -6.28. The van der Waals surface area contributed by atoms with Crippen molar-refractivity contribution in [2.24, 2.45) is 0 Å². The van der Waals surface area contributed by atoms with Crippen molar-refractivity contribution in [2.45, 2.75) is 57.3 Å². The highest BCUT2D eigenvalue weighted by Gasteiger charge is 2.44.